The summed E-state index contributed by atoms with van der Waals surface area (Å²) in [5.41, 5.74) is 16.4. The van der Waals surface area contributed by atoms with E-state index in [2.05, 4.69) is 181 Å². The second kappa shape index (κ2) is 12.6. The van der Waals surface area contributed by atoms with E-state index in [9.17, 15) is 0 Å². The Labute approximate surface area is 339 Å². The van der Waals surface area contributed by atoms with Gasteiger partial charge in [-0.05, 0) is 149 Å². The van der Waals surface area contributed by atoms with Crippen molar-refractivity contribution in [2.24, 2.45) is 35.0 Å². The van der Waals surface area contributed by atoms with Crippen LogP contribution in [0, 0.1) is 35.0 Å². The van der Waals surface area contributed by atoms with Gasteiger partial charge in [-0.25, -0.2) is 0 Å². The number of hydrogen-bond donors (Lipinski definition) is 0. The molecule has 6 aliphatic rings. The molecule has 57 heavy (non-hydrogen) atoms. The molecule has 6 aliphatic carbocycles. The fourth-order valence-corrected chi connectivity index (χ4v) is 12.3. The lowest BCUT2D eigenvalue weighted by Gasteiger charge is -2.34. The molecule has 0 fully saturated rings. The van der Waals surface area contributed by atoms with Crippen LogP contribution >= 0.6 is 0 Å². The second-order valence-electron chi connectivity index (χ2n) is 19.3. The third kappa shape index (κ3) is 5.11. The zero-order chi connectivity index (χ0) is 38.8. The van der Waals surface area contributed by atoms with E-state index < -0.39 is 0 Å². The minimum absolute atomic E-state index is 0.112. The van der Waals surface area contributed by atoms with E-state index in [-0.39, 0.29) is 10.8 Å². The van der Waals surface area contributed by atoms with Crippen molar-refractivity contribution in [2.45, 2.75) is 72.6 Å². The summed E-state index contributed by atoms with van der Waals surface area (Å²) in [4.78, 5) is 0. The van der Waals surface area contributed by atoms with Crippen molar-refractivity contribution in [2.75, 3.05) is 0 Å². The summed E-state index contributed by atoms with van der Waals surface area (Å²) >= 11 is 0. The molecular weight excluding hydrogens is 685 g/mol. The van der Waals surface area contributed by atoms with Crippen LogP contribution in [0.5, 0.6) is 0 Å². The van der Waals surface area contributed by atoms with Crippen LogP contribution in [0.15, 0.2) is 167 Å². The zero-order valence-corrected chi connectivity index (χ0v) is 34.5. The van der Waals surface area contributed by atoms with Gasteiger partial charge in [0.2, 0.25) is 0 Å². The summed E-state index contributed by atoms with van der Waals surface area (Å²) in [5, 5.41) is 8.17. The largest absolute Gasteiger partial charge is 0.0839 e. The van der Waals surface area contributed by atoms with Gasteiger partial charge in [0.1, 0.15) is 0 Å². The van der Waals surface area contributed by atoms with Crippen molar-refractivity contribution >= 4 is 37.9 Å². The highest BCUT2D eigenvalue weighted by atomic mass is 14.5. The highest BCUT2D eigenvalue weighted by Crippen LogP contribution is 2.59. The monoisotopic (exact) mass is 738 g/mol. The van der Waals surface area contributed by atoms with Gasteiger partial charge in [-0.15, -0.1) is 0 Å². The fourth-order valence-electron chi connectivity index (χ4n) is 12.3. The first kappa shape index (κ1) is 35.0. The molecule has 0 aliphatic heterocycles. The molecule has 4 unspecified atom stereocenters. The second-order valence-corrected chi connectivity index (χ2v) is 19.3. The van der Waals surface area contributed by atoms with Crippen molar-refractivity contribution in [3.63, 3.8) is 0 Å². The molecule has 0 heteroatoms. The maximum absolute atomic E-state index is 2.61. The maximum Gasteiger partial charge on any atom is 0.0165 e. The van der Waals surface area contributed by atoms with Crippen LogP contribution in [-0.4, -0.2) is 0 Å². The van der Waals surface area contributed by atoms with Gasteiger partial charge in [0.15, 0.2) is 0 Å². The molecule has 0 nitrogen and oxygen atoms in total. The van der Waals surface area contributed by atoms with Gasteiger partial charge in [-0.1, -0.05) is 181 Å². The van der Waals surface area contributed by atoms with Crippen LogP contribution in [0.25, 0.3) is 49.0 Å². The first-order valence-electron chi connectivity index (χ1n) is 21.7. The Kier molecular flexibility index (Phi) is 7.77. The smallest absolute Gasteiger partial charge is 0.0165 e. The van der Waals surface area contributed by atoms with Gasteiger partial charge < -0.3 is 0 Å². The molecule has 0 heterocycles. The molecular formula is C57H54. The van der Waals surface area contributed by atoms with Crippen LogP contribution < -0.4 is 0 Å². The molecule has 4 atom stereocenters. The van der Waals surface area contributed by atoms with Gasteiger partial charge in [0.25, 0.3) is 0 Å². The van der Waals surface area contributed by atoms with Gasteiger partial charge in [0, 0.05) is 11.3 Å². The first-order chi connectivity index (χ1) is 27.6. The number of rotatable bonds is 4. The molecule has 0 radical (unpaired) electrons. The minimum atomic E-state index is -0.112. The van der Waals surface area contributed by atoms with E-state index in [1.165, 1.54) is 71.3 Å². The van der Waals surface area contributed by atoms with Gasteiger partial charge >= 0.3 is 0 Å². The van der Waals surface area contributed by atoms with Gasteiger partial charge in [0.05, 0.1) is 0 Å². The highest BCUT2D eigenvalue weighted by molar-refractivity contribution is 6.27. The van der Waals surface area contributed by atoms with E-state index in [0.717, 1.165) is 25.7 Å². The zero-order valence-electron chi connectivity index (χ0n) is 34.5. The third-order valence-corrected chi connectivity index (χ3v) is 15.3. The lowest BCUT2D eigenvalue weighted by molar-refractivity contribution is 0.337. The van der Waals surface area contributed by atoms with Gasteiger partial charge in [-0.3, -0.25) is 0 Å². The van der Waals surface area contributed by atoms with Crippen molar-refractivity contribution in [3.05, 3.63) is 184 Å². The lowest BCUT2D eigenvalue weighted by Crippen LogP contribution is -2.23. The number of allylic oxidation sites excluding steroid dienone is 16. The van der Waals surface area contributed by atoms with E-state index in [1.54, 1.807) is 22.3 Å². The van der Waals surface area contributed by atoms with Crippen LogP contribution in [0.2, 0.25) is 0 Å². The summed E-state index contributed by atoms with van der Waals surface area (Å²) in [5.74, 6) is 2.75. The van der Waals surface area contributed by atoms with E-state index in [1.807, 2.05) is 0 Å². The topological polar surface area (TPSA) is 0 Å². The Hall–Kier alpha value is -5.20. The Balaban J connectivity index is 0.958. The quantitative estimate of drug-likeness (QED) is 0.161. The summed E-state index contributed by atoms with van der Waals surface area (Å²) < 4.78 is 0. The van der Waals surface area contributed by atoms with E-state index in [4.69, 9.17) is 0 Å². The van der Waals surface area contributed by atoms with Gasteiger partial charge in [-0.2, -0.15) is 0 Å². The normalized spacial score (nSPS) is 25.3. The third-order valence-electron chi connectivity index (χ3n) is 15.3. The summed E-state index contributed by atoms with van der Waals surface area (Å²) in [6.45, 7) is 14.7. The number of benzene rings is 5. The lowest BCUT2D eigenvalue weighted by atomic mass is 9.71. The molecule has 0 saturated heterocycles. The Morgan fingerprint density at radius 3 is 2.16 bits per heavy atom. The molecule has 0 bridgehead atoms. The molecule has 5 aromatic rings. The standard InChI is InChI=1S/C57H54/c1-34(2)47-30-36(20-24-40(47)35-14-8-7-9-15-35)38-21-27-51-49(32-38)50-33-39(22-28-52(50)56(51,3)4)37-23-29-53-48(31-37)46-26-25-45-43-18-11-10-16-41(43)42-17-12-13-19-44(42)54(45)55(46)57(53,5)6/h7-14,16-23,25-27,29-31,33-35,38,40,52H,15,24,28,32H2,1-6H3. The summed E-state index contributed by atoms with van der Waals surface area (Å²) in [6, 6.07) is 30.3. The Bertz CT molecular complexity index is 2790. The molecule has 0 amide bonds. The molecule has 11 rings (SSSR count). The van der Waals surface area contributed by atoms with Crippen LogP contribution in [0.1, 0.15) is 83.9 Å². The summed E-state index contributed by atoms with van der Waals surface area (Å²) in [7, 11) is 0. The highest BCUT2D eigenvalue weighted by Gasteiger charge is 2.46. The minimum Gasteiger partial charge on any atom is -0.0839 e. The number of fused-ring (bicyclic) bond motifs is 12. The Morgan fingerprint density at radius 1 is 0.684 bits per heavy atom. The van der Waals surface area contributed by atoms with Crippen molar-refractivity contribution in [3.8, 4) is 11.1 Å². The summed E-state index contributed by atoms with van der Waals surface area (Å²) in [6.07, 6.45) is 29.2. The molecule has 0 saturated carbocycles. The van der Waals surface area contributed by atoms with Crippen LogP contribution in [0.4, 0.5) is 0 Å². The molecule has 5 aromatic carbocycles. The molecule has 0 aromatic heterocycles. The van der Waals surface area contributed by atoms with Crippen LogP contribution in [0.3, 0.4) is 0 Å². The maximum atomic E-state index is 2.61. The number of hydrogen-bond acceptors (Lipinski definition) is 0. The van der Waals surface area contributed by atoms with Crippen molar-refractivity contribution in [1.29, 1.82) is 0 Å². The van der Waals surface area contributed by atoms with E-state index >= 15 is 0 Å². The van der Waals surface area contributed by atoms with Crippen molar-refractivity contribution in [1.82, 2.24) is 0 Å². The predicted molar refractivity (Wildman–Crippen MR) is 244 cm³/mol. The predicted octanol–water partition coefficient (Wildman–Crippen LogP) is 15.4. The molecule has 0 N–H and O–H groups in total. The average Bonchev–Trinajstić information content (AvgIpc) is 3.62. The van der Waals surface area contributed by atoms with E-state index in [0.29, 0.717) is 29.6 Å². The average molecular weight is 739 g/mol. The van der Waals surface area contributed by atoms with Crippen molar-refractivity contribution < 1.29 is 0 Å². The Morgan fingerprint density at radius 2 is 1.42 bits per heavy atom. The SMILES string of the molecule is CC(C)C1=CC(C2C=CC3=C(C2)C2=CC(c4ccc5c(c4)-c4ccc6c7ccccc7c7ccccc7c6c4C5(C)C)=CCC2C3(C)C)=CCC1C1C=CC=CC1. The van der Waals surface area contributed by atoms with Crippen LogP contribution in [-0.2, 0) is 5.41 Å². The first-order valence-corrected chi connectivity index (χ1v) is 21.7. The fraction of sp³-hybridized carbons (Fsp3) is 0.298. The molecule has 0 spiro atoms. The molecule has 282 valence electrons.